The van der Waals surface area contributed by atoms with Gasteiger partial charge in [-0.2, -0.15) is 5.26 Å². The molecule has 6 heteroatoms. The molecule has 2 aromatic rings. The quantitative estimate of drug-likeness (QED) is 0.851. The number of hydrogen-bond donors (Lipinski definition) is 2. The van der Waals surface area contributed by atoms with Gasteiger partial charge in [0.15, 0.2) is 0 Å². The van der Waals surface area contributed by atoms with Crippen molar-refractivity contribution in [3.8, 4) is 6.07 Å². The topological polar surface area (TPSA) is 96.0 Å². The molecule has 3 N–H and O–H groups in total. The van der Waals surface area contributed by atoms with Crippen molar-refractivity contribution in [2.45, 2.75) is 18.7 Å². The van der Waals surface area contributed by atoms with Gasteiger partial charge in [-0.25, -0.2) is 8.42 Å². The molecule has 2 aromatic carbocycles. The predicted molar refractivity (Wildman–Crippen MR) is 82.3 cm³/mol. The van der Waals surface area contributed by atoms with E-state index in [-0.39, 0.29) is 4.90 Å². The fourth-order valence-corrected chi connectivity index (χ4v) is 3.03. The summed E-state index contributed by atoms with van der Waals surface area (Å²) >= 11 is 0. The lowest BCUT2D eigenvalue weighted by molar-refractivity contribution is 0.601. The first-order chi connectivity index (χ1) is 9.83. The molecule has 0 atom stereocenters. The molecule has 0 saturated carbocycles. The molecule has 2 rings (SSSR count). The van der Waals surface area contributed by atoms with E-state index in [0.717, 1.165) is 5.56 Å². The van der Waals surface area contributed by atoms with E-state index in [1.807, 2.05) is 6.07 Å². The number of nitrogens with two attached hydrogens (primary N) is 1. The van der Waals surface area contributed by atoms with Gasteiger partial charge in [0.2, 0.25) is 0 Å². The van der Waals surface area contributed by atoms with Crippen molar-refractivity contribution in [3.63, 3.8) is 0 Å². The summed E-state index contributed by atoms with van der Waals surface area (Å²) in [5.74, 6) is 0. The van der Waals surface area contributed by atoms with Crippen molar-refractivity contribution in [2.75, 3.05) is 10.5 Å². The minimum absolute atomic E-state index is 0.135. The van der Waals surface area contributed by atoms with E-state index in [1.54, 1.807) is 32.0 Å². The standard InChI is InChI=1S/C15H15N3O2S/c1-10-3-4-12(9-16)8-15(10)18-21(19,20)13-5-6-14(17)11(2)7-13/h3-8,18H,17H2,1-2H3. The molecule has 0 unspecified atom stereocenters. The van der Waals surface area contributed by atoms with E-state index in [2.05, 4.69) is 4.72 Å². The Morgan fingerprint density at radius 1 is 1.10 bits per heavy atom. The lowest BCUT2D eigenvalue weighted by atomic mass is 10.1. The van der Waals surface area contributed by atoms with Crippen LogP contribution < -0.4 is 10.5 Å². The van der Waals surface area contributed by atoms with E-state index >= 15 is 0 Å². The number of sulfonamides is 1. The Bertz CT molecular complexity index is 836. The second-order valence-corrected chi connectivity index (χ2v) is 6.45. The second-order valence-electron chi connectivity index (χ2n) is 4.77. The molecule has 0 spiro atoms. The fourth-order valence-electron chi connectivity index (χ4n) is 1.82. The highest BCUT2D eigenvalue weighted by Crippen LogP contribution is 2.23. The van der Waals surface area contributed by atoms with Gasteiger partial charge in [-0.3, -0.25) is 4.72 Å². The van der Waals surface area contributed by atoms with Crippen LogP contribution in [-0.2, 0) is 10.0 Å². The first-order valence-electron chi connectivity index (χ1n) is 6.23. The highest BCUT2D eigenvalue weighted by atomic mass is 32.2. The summed E-state index contributed by atoms with van der Waals surface area (Å²) in [6.07, 6.45) is 0. The largest absolute Gasteiger partial charge is 0.399 e. The Balaban J connectivity index is 2.42. The average molecular weight is 301 g/mol. The summed E-state index contributed by atoms with van der Waals surface area (Å²) in [4.78, 5) is 0.135. The number of benzene rings is 2. The smallest absolute Gasteiger partial charge is 0.261 e. The molecule has 21 heavy (non-hydrogen) atoms. The normalized spacial score (nSPS) is 10.9. The first kappa shape index (κ1) is 14.9. The van der Waals surface area contributed by atoms with Gasteiger partial charge in [-0.15, -0.1) is 0 Å². The molecule has 0 fully saturated rings. The number of rotatable bonds is 3. The van der Waals surface area contributed by atoms with E-state index in [4.69, 9.17) is 11.0 Å². The highest BCUT2D eigenvalue weighted by Gasteiger charge is 2.16. The maximum atomic E-state index is 12.4. The lowest BCUT2D eigenvalue weighted by Gasteiger charge is -2.12. The summed E-state index contributed by atoms with van der Waals surface area (Å²) in [5.41, 5.74) is 8.46. The van der Waals surface area contributed by atoms with Gasteiger partial charge in [-0.05, 0) is 55.3 Å². The van der Waals surface area contributed by atoms with Gasteiger partial charge in [0.1, 0.15) is 0 Å². The molecule has 0 bridgehead atoms. The van der Waals surface area contributed by atoms with Crippen LogP contribution in [0.5, 0.6) is 0 Å². The van der Waals surface area contributed by atoms with Crippen LogP contribution in [0.15, 0.2) is 41.3 Å². The molecule has 0 aliphatic rings. The van der Waals surface area contributed by atoms with Crippen molar-refractivity contribution in [1.82, 2.24) is 0 Å². The molecular weight excluding hydrogens is 286 g/mol. The van der Waals surface area contributed by atoms with Gasteiger partial charge in [0, 0.05) is 5.69 Å². The number of anilines is 2. The van der Waals surface area contributed by atoms with Crippen LogP contribution in [0.25, 0.3) is 0 Å². The molecule has 0 aliphatic carbocycles. The van der Waals surface area contributed by atoms with Crippen molar-refractivity contribution >= 4 is 21.4 Å². The predicted octanol–water partition coefficient (Wildman–Crippen LogP) is 2.56. The Morgan fingerprint density at radius 2 is 1.81 bits per heavy atom. The molecule has 0 radical (unpaired) electrons. The van der Waals surface area contributed by atoms with Crippen molar-refractivity contribution in [1.29, 1.82) is 5.26 Å². The minimum atomic E-state index is -3.72. The van der Waals surface area contributed by atoms with Crippen molar-refractivity contribution in [2.24, 2.45) is 0 Å². The van der Waals surface area contributed by atoms with Crippen LogP contribution in [0.3, 0.4) is 0 Å². The van der Waals surface area contributed by atoms with Crippen molar-refractivity contribution < 1.29 is 8.42 Å². The molecule has 5 nitrogen and oxygen atoms in total. The number of nitriles is 1. The number of hydrogen-bond acceptors (Lipinski definition) is 4. The van der Waals surface area contributed by atoms with Gasteiger partial charge >= 0.3 is 0 Å². The van der Waals surface area contributed by atoms with Gasteiger partial charge in [-0.1, -0.05) is 6.07 Å². The maximum Gasteiger partial charge on any atom is 0.261 e. The van der Waals surface area contributed by atoms with E-state index in [9.17, 15) is 8.42 Å². The molecule has 0 heterocycles. The molecule has 0 aliphatic heterocycles. The van der Waals surface area contributed by atoms with Gasteiger partial charge in [0.25, 0.3) is 10.0 Å². The zero-order valence-electron chi connectivity index (χ0n) is 11.7. The summed E-state index contributed by atoms with van der Waals surface area (Å²) in [6, 6.07) is 11.4. The summed E-state index contributed by atoms with van der Waals surface area (Å²) in [7, 11) is -3.72. The summed E-state index contributed by atoms with van der Waals surface area (Å²) in [5, 5.41) is 8.89. The minimum Gasteiger partial charge on any atom is -0.399 e. The van der Waals surface area contributed by atoms with E-state index in [1.165, 1.54) is 18.2 Å². The van der Waals surface area contributed by atoms with Crippen LogP contribution in [0.4, 0.5) is 11.4 Å². The fraction of sp³-hybridized carbons (Fsp3) is 0.133. The molecule has 0 aromatic heterocycles. The Labute approximate surface area is 124 Å². The number of nitrogen functional groups attached to an aromatic ring is 1. The van der Waals surface area contributed by atoms with Gasteiger partial charge in [0.05, 0.1) is 22.2 Å². The SMILES string of the molecule is Cc1cc(S(=O)(=O)Nc2cc(C#N)ccc2C)ccc1N. The zero-order valence-corrected chi connectivity index (χ0v) is 12.5. The van der Waals surface area contributed by atoms with Crippen LogP contribution in [0.2, 0.25) is 0 Å². The third-order valence-corrected chi connectivity index (χ3v) is 4.53. The van der Waals surface area contributed by atoms with Crippen LogP contribution in [0, 0.1) is 25.2 Å². The molecular formula is C15H15N3O2S. The first-order valence-corrected chi connectivity index (χ1v) is 7.71. The number of aryl methyl sites for hydroxylation is 2. The van der Waals surface area contributed by atoms with Gasteiger partial charge < -0.3 is 5.73 Å². The summed E-state index contributed by atoms with van der Waals surface area (Å²) < 4.78 is 27.3. The Kier molecular flexibility index (Phi) is 3.87. The number of nitrogens with one attached hydrogen (secondary N) is 1. The Hall–Kier alpha value is -2.52. The maximum absolute atomic E-state index is 12.4. The van der Waals surface area contributed by atoms with E-state index < -0.39 is 10.0 Å². The molecule has 0 saturated heterocycles. The second kappa shape index (κ2) is 5.46. The van der Waals surface area contributed by atoms with E-state index in [0.29, 0.717) is 22.5 Å². The highest BCUT2D eigenvalue weighted by molar-refractivity contribution is 7.92. The van der Waals surface area contributed by atoms with Crippen LogP contribution in [0.1, 0.15) is 16.7 Å². The Morgan fingerprint density at radius 3 is 2.43 bits per heavy atom. The van der Waals surface area contributed by atoms with Crippen LogP contribution in [-0.4, -0.2) is 8.42 Å². The average Bonchev–Trinajstić information content (AvgIpc) is 2.44. The lowest BCUT2D eigenvalue weighted by Crippen LogP contribution is -2.14. The summed E-state index contributed by atoms with van der Waals surface area (Å²) in [6.45, 7) is 3.52. The monoisotopic (exact) mass is 301 g/mol. The van der Waals surface area contributed by atoms with Crippen LogP contribution >= 0.6 is 0 Å². The zero-order chi connectivity index (χ0) is 15.6. The van der Waals surface area contributed by atoms with Crippen molar-refractivity contribution in [3.05, 3.63) is 53.1 Å². The third kappa shape index (κ3) is 3.15. The number of nitrogens with zero attached hydrogens (tertiary/aromatic N) is 1. The molecule has 108 valence electrons. The molecule has 0 amide bonds. The third-order valence-electron chi connectivity index (χ3n) is 3.16.